The molecule has 0 aliphatic heterocycles. The number of amides is 1. The fourth-order valence-corrected chi connectivity index (χ4v) is 2.77. The van der Waals surface area contributed by atoms with E-state index < -0.39 is 29.3 Å². The number of ether oxygens (including phenoxy) is 2. The Hall–Kier alpha value is -2.54. The van der Waals surface area contributed by atoms with Crippen LogP contribution in [0.1, 0.15) is 46.1 Å². The first-order chi connectivity index (χ1) is 13.0. The molecule has 7 nitrogen and oxygen atoms in total. The second-order valence-corrected chi connectivity index (χ2v) is 7.84. The molecule has 0 spiro atoms. The Kier molecular flexibility index (Phi) is 6.72. The summed E-state index contributed by atoms with van der Waals surface area (Å²) < 4.78 is 15.7. The first kappa shape index (κ1) is 21.8. The monoisotopic (exact) mass is 409 g/mol. The highest BCUT2D eigenvalue weighted by molar-refractivity contribution is 6.33. The Morgan fingerprint density at radius 1 is 1.25 bits per heavy atom. The van der Waals surface area contributed by atoms with E-state index in [1.54, 1.807) is 33.8 Å². The molecule has 1 atom stereocenters. The average Bonchev–Trinajstić information content (AvgIpc) is 2.54. The van der Waals surface area contributed by atoms with Gasteiger partial charge in [0.05, 0.1) is 5.02 Å². The number of hydrogen-bond acceptors (Lipinski definition) is 6. The fraction of sp³-hybridized carbons (Fsp3) is 0.450. The van der Waals surface area contributed by atoms with Crippen molar-refractivity contribution in [2.24, 2.45) is 0 Å². The number of alkyl carbamates (subject to hydrolysis) is 1. The SMILES string of the molecule is CCC[C@H](NC(=O)OC(C)(C)C)C(=O)Oc1cc2oc(=O)cc(C)c2cc1Cl. The van der Waals surface area contributed by atoms with Crippen LogP contribution in [0, 0.1) is 6.92 Å². The zero-order chi connectivity index (χ0) is 21.1. The van der Waals surface area contributed by atoms with Gasteiger partial charge in [0.25, 0.3) is 0 Å². The number of carbonyl (C=O) groups is 2. The molecule has 152 valence electrons. The summed E-state index contributed by atoms with van der Waals surface area (Å²) in [6.07, 6.45) is 0.279. The van der Waals surface area contributed by atoms with E-state index in [1.807, 2.05) is 6.92 Å². The number of aryl methyl sites for hydroxylation is 1. The van der Waals surface area contributed by atoms with Crippen LogP contribution in [-0.2, 0) is 9.53 Å². The van der Waals surface area contributed by atoms with Crippen LogP contribution in [0.25, 0.3) is 11.0 Å². The fourth-order valence-electron chi connectivity index (χ4n) is 2.56. The lowest BCUT2D eigenvalue weighted by Crippen LogP contribution is -2.45. The molecule has 0 radical (unpaired) electrons. The predicted octanol–water partition coefficient (Wildman–Crippen LogP) is 4.35. The minimum absolute atomic E-state index is 0.0417. The molecule has 0 aliphatic rings. The van der Waals surface area contributed by atoms with Gasteiger partial charge in [-0.2, -0.15) is 0 Å². The van der Waals surface area contributed by atoms with Crippen molar-refractivity contribution in [3.63, 3.8) is 0 Å². The molecule has 1 aromatic carbocycles. The van der Waals surface area contributed by atoms with Crippen molar-refractivity contribution in [2.75, 3.05) is 0 Å². The summed E-state index contributed by atoms with van der Waals surface area (Å²) in [4.78, 5) is 36.2. The quantitative estimate of drug-likeness (QED) is 0.448. The van der Waals surface area contributed by atoms with Crippen molar-refractivity contribution < 1.29 is 23.5 Å². The molecule has 0 aliphatic carbocycles. The molecule has 1 N–H and O–H groups in total. The number of nitrogens with one attached hydrogen (secondary N) is 1. The summed E-state index contributed by atoms with van der Waals surface area (Å²) in [6.45, 7) is 8.81. The van der Waals surface area contributed by atoms with Gasteiger partial charge in [0.2, 0.25) is 0 Å². The third-order valence-corrected chi connectivity index (χ3v) is 4.06. The first-order valence-corrected chi connectivity index (χ1v) is 9.33. The van der Waals surface area contributed by atoms with Crippen LogP contribution >= 0.6 is 11.6 Å². The summed E-state index contributed by atoms with van der Waals surface area (Å²) in [6, 6.07) is 3.40. The maximum Gasteiger partial charge on any atom is 0.408 e. The van der Waals surface area contributed by atoms with Gasteiger partial charge < -0.3 is 19.2 Å². The van der Waals surface area contributed by atoms with Gasteiger partial charge in [-0.1, -0.05) is 24.9 Å². The molecular weight excluding hydrogens is 386 g/mol. The normalized spacial score (nSPS) is 12.5. The van der Waals surface area contributed by atoms with Gasteiger partial charge >= 0.3 is 17.7 Å². The largest absolute Gasteiger partial charge is 0.444 e. The molecule has 2 aromatic rings. The summed E-state index contributed by atoms with van der Waals surface area (Å²) >= 11 is 6.22. The van der Waals surface area contributed by atoms with Gasteiger partial charge in [-0.25, -0.2) is 14.4 Å². The number of hydrogen-bond donors (Lipinski definition) is 1. The Labute approximate surface area is 167 Å². The van der Waals surface area contributed by atoms with Crippen LogP contribution in [-0.4, -0.2) is 23.7 Å². The van der Waals surface area contributed by atoms with E-state index in [-0.39, 0.29) is 16.4 Å². The third kappa shape index (κ3) is 5.73. The second-order valence-electron chi connectivity index (χ2n) is 7.44. The van der Waals surface area contributed by atoms with Crippen LogP contribution in [0.2, 0.25) is 5.02 Å². The van der Waals surface area contributed by atoms with Gasteiger partial charge in [0.1, 0.15) is 17.2 Å². The molecule has 0 unspecified atom stereocenters. The number of fused-ring (bicyclic) bond motifs is 1. The molecule has 0 bridgehead atoms. The highest BCUT2D eigenvalue weighted by atomic mass is 35.5. The molecule has 0 fully saturated rings. The Morgan fingerprint density at radius 2 is 1.93 bits per heavy atom. The van der Waals surface area contributed by atoms with E-state index >= 15 is 0 Å². The molecule has 8 heteroatoms. The maximum absolute atomic E-state index is 12.6. The number of halogens is 1. The van der Waals surface area contributed by atoms with Crippen LogP contribution in [0.5, 0.6) is 5.75 Å². The molecule has 0 saturated heterocycles. The Morgan fingerprint density at radius 3 is 2.54 bits per heavy atom. The standard InChI is InChI=1S/C20H24ClNO6/c1-6-7-14(22-19(25)28-20(3,4)5)18(24)27-16-10-15-12(9-13(16)21)11(2)8-17(23)26-15/h8-10,14H,6-7H2,1-5H3,(H,22,25)/t14-/m0/s1. The van der Waals surface area contributed by atoms with Gasteiger partial charge in [0.15, 0.2) is 5.75 Å². The van der Waals surface area contributed by atoms with Crippen LogP contribution in [0.3, 0.4) is 0 Å². The van der Waals surface area contributed by atoms with Crippen LogP contribution in [0.4, 0.5) is 4.79 Å². The minimum Gasteiger partial charge on any atom is -0.444 e. The number of rotatable bonds is 5. The van der Waals surface area contributed by atoms with E-state index in [1.165, 1.54) is 12.1 Å². The average molecular weight is 410 g/mol. The zero-order valence-electron chi connectivity index (χ0n) is 16.6. The summed E-state index contributed by atoms with van der Waals surface area (Å²) in [5.74, 6) is -0.649. The topological polar surface area (TPSA) is 94.8 Å². The third-order valence-electron chi connectivity index (χ3n) is 3.77. The number of benzene rings is 1. The summed E-state index contributed by atoms with van der Waals surface area (Å²) in [5.41, 5.74) is -0.257. The lowest BCUT2D eigenvalue weighted by molar-refractivity contribution is -0.137. The van der Waals surface area contributed by atoms with Crippen LogP contribution in [0.15, 0.2) is 27.4 Å². The van der Waals surface area contributed by atoms with E-state index in [0.29, 0.717) is 23.8 Å². The van der Waals surface area contributed by atoms with Crippen molar-refractivity contribution in [2.45, 2.75) is 59.1 Å². The Bertz CT molecular complexity index is 944. The predicted molar refractivity (Wildman–Crippen MR) is 106 cm³/mol. The van der Waals surface area contributed by atoms with Gasteiger partial charge in [-0.3, -0.25) is 0 Å². The highest BCUT2D eigenvalue weighted by Gasteiger charge is 2.26. The van der Waals surface area contributed by atoms with E-state index in [2.05, 4.69) is 5.32 Å². The molecular formula is C20H24ClNO6. The minimum atomic E-state index is -0.906. The van der Waals surface area contributed by atoms with Crippen molar-refractivity contribution in [1.82, 2.24) is 5.32 Å². The number of esters is 1. The Balaban J connectivity index is 2.24. The molecule has 28 heavy (non-hydrogen) atoms. The van der Waals surface area contributed by atoms with Gasteiger partial charge in [-0.05, 0) is 45.7 Å². The lowest BCUT2D eigenvalue weighted by Gasteiger charge is -2.22. The molecule has 1 heterocycles. The van der Waals surface area contributed by atoms with Gasteiger partial charge in [0, 0.05) is 17.5 Å². The van der Waals surface area contributed by atoms with E-state index in [9.17, 15) is 14.4 Å². The van der Waals surface area contributed by atoms with Crippen molar-refractivity contribution >= 4 is 34.6 Å². The number of carbonyl (C=O) groups excluding carboxylic acids is 2. The smallest absolute Gasteiger partial charge is 0.408 e. The molecule has 0 saturated carbocycles. The zero-order valence-corrected chi connectivity index (χ0v) is 17.3. The molecule has 2 rings (SSSR count). The molecule has 1 aromatic heterocycles. The van der Waals surface area contributed by atoms with E-state index in [0.717, 1.165) is 0 Å². The van der Waals surface area contributed by atoms with Crippen LogP contribution < -0.4 is 15.7 Å². The molecule has 1 amide bonds. The second kappa shape index (κ2) is 8.65. The van der Waals surface area contributed by atoms with E-state index in [4.69, 9.17) is 25.5 Å². The summed E-state index contributed by atoms with van der Waals surface area (Å²) in [7, 11) is 0. The summed E-state index contributed by atoms with van der Waals surface area (Å²) in [5, 5.41) is 3.34. The van der Waals surface area contributed by atoms with Crippen molar-refractivity contribution in [3.8, 4) is 5.75 Å². The highest BCUT2D eigenvalue weighted by Crippen LogP contribution is 2.31. The van der Waals surface area contributed by atoms with Crippen molar-refractivity contribution in [1.29, 1.82) is 0 Å². The van der Waals surface area contributed by atoms with Gasteiger partial charge in [-0.15, -0.1) is 0 Å². The first-order valence-electron chi connectivity index (χ1n) is 8.95. The lowest BCUT2D eigenvalue weighted by atomic mass is 10.1. The van der Waals surface area contributed by atoms with Crippen molar-refractivity contribution in [3.05, 3.63) is 39.2 Å². The maximum atomic E-state index is 12.6.